The number of halogens is 2. The molecular weight excluding hydrogens is 343 g/mol. The maximum absolute atomic E-state index is 11.7. The number of imidazole rings is 1. The molecule has 1 aromatic carbocycles. The Bertz CT molecular complexity index is 870. The van der Waals surface area contributed by atoms with E-state index in [-0.39, 0.29) is 5.69 Å². The Morgan fingerprint density at radius 3 is 2.77 bits per heavy atom. The van der Waals surface area contributed by atoms with Crippen LogP contribution in [0.4, 0.5) is 0 Å². The van der Waals surface area contributed by atoms with Gasteiger partial charge >= 0.3 is 5.97 Å². The lowest BCUT2D eigenvalue weighted by molar-refractivity contribution is 0.0688. The molecule has 0 saturated carbocycles. The molecule has 0 unspecified atom stereocenters. The van der Waals surface area contributed by atoms with Crippen LogP contribution < -0.4 is 0 Å². The number of benzene rings is 1. The highest BCUT2D eigenvalue weighted by Crippen LogP contribution is 2.33. The summed E-state index contributed by atoms with van der Waals surface area (Å²) in [5, 5.41) is 12.3. The lowest BCUT2D eigenvalue weighted by atomic mass is 10.1. The quantitative estimate of drug-likeness (QED) is 0.715. The van der Waals surface area contributed by atoms with Gasteiger partial charge in [0.25, 0.3) is 0 Å². The van der Waals surface area contributed by atoms with Gasteiger partial charge in [-0.15, -0.1) is 11.3 Å². The van der Waals surface area contributed by atoms with Crippen LogP contribution in [0.5, 0.6) is 0 Å². The molecule has 3 rings (SSSR count). The predicted molar refractivity (Wildman–Crippen MR) is 89.5 cm³/mol. The van der Waals surface area contributed by atoms with Gasteiger partial charge < -0.3 is 5.11 Å². The van der Waals surface area contributed by atoms with Crippen LogP contribution in [0.25, 0.3) is 16.2 Å². The first-order valence-corrected chi connectivity index (χ1v) is 8.34. The van der Waals surface area contributed by atoms with Crippen molar-refractivity contribution in [3.8, 4) is 11.3 Å². The molecule has 0 fully saturated rings. The molecule has 2 heterocycles. The number of aromatic nitrogens is 2. The molecule has 2 aromatic heterocycles. The average Bonchev–Trinajstić information content (AvgIpc) is 3.00. The third kappa shape index (κ3) is 2.49. The summed E-state index contributed by atoms with van der Waals surface area (Å²) in [7, 11) is 0. The number of thiazole rings is 1. The summed E-state index contributed by atoms with van der Waals surface area (Å²) >= 11 is 13.4. The molecule has 0 aliphatic carbocycles. The van der Waals surface area contributed by atoms with Gasteiger partial charge in [0.15, 0.2) is 10.7 Å². The molecule has 3 aromatic rings. The highest BCUT2D eigenvalue weighted by molar-refractivity contribution is 7.15. The van der Waals surface area contributed by atoms with Crippen LogP contribution >= 0.6 is 34.5 Å². The number of fused-ring (bicyclic) bond motifs is 1. The number of hydrogen-bond acceptors (Lipinski definition) is 3. The summed E-state index contributed by atoms with van der Waals surface area (Å²) in [6.07, 6.45) is 1.48. The second kappa shape index (κ2) is 5.91. The lowest BCUT2D eigenvalue weighted by Gasteiger charge is -2.04. The fraction of sp³-hybridized carbons (Fsp3) is 0.200. The molecular formula is C15H12Cl2N2O2S. The fourth-order valence-electron chi connectivity index (χ4n) is 2.39. The highest BCUT2D eigenvalue weighted by atomic mass is 35.5. The number of rotatable bonds is 4. The molecule has 7 heteroatoms. The molecule has 0 aliphatic rings. The SMILES string of the molecule is CCCc1nc2scc(-c3ccc(Cl)c(Cl)c3)n2c1C(=O)O. The molecule has 114 valence electrons. The molecule has 0 spiro atoms. The Morgan fingerprint density at radius 2 is 2.14 bits per heavy atom. The van der Waals surface area contributed by atoms with Gasteiger partial charge in [-0.25, -0.2) is 9.78 Å². The number of nitrogens with zero attached hydrogens (tertiary/aromatic N) is 2. The summed E-state index contributed by atoms with van der Waals surface area (Å²) in [6.45, 7) is 2.00. The van der Waals surface area contributed by atoms with Crippen LogP contribution in [-0.4, -0.2) is 20.5 Å². The predicted octanol–water partition coefficient (Wildman–Crippen LogP) is 5.02. The van der Waals surface area contributed by atoms with E-state index in [4.69, 9.17) is 23.2 Å². The number of hydrogen-bond donors (Lipinski definition) is 1. The smallest absolute Gasteiger partial charge is 0.354 e. The first-order chi connectivity index (χ1) is 10.5. The van der Waals surface area contributed by atoms with Crippen LogP contribution in [0, 0.1) is 0 Å². The van der Waals surface area contributed by atoms with Gasteiger partial charge in [-0.05, 0) is 18.6 Å². The van der Waals surface area contributed by atoms with Crippen molar-refractivity contribution in [2.75, 3.05) is 0 Å². The van der Waals surface area contributed by atoms with Crippen LogP contribution in [-0.2, 0) is 6.42 Å². The zero-order valence-corrected chi connectivity index (χ0v) is 14.0. The summed E-state index contributed by atoms with van der Waals surface area (Å²) in [6, 6.07) is 5.25. The zero-order valence-electron chi connectivity index (χ0n) is 11.6. The first-order valence-electron chi connectivity index (χ1n) is 6.70. The second-order valence-electron chi connectivity index (χ2n) is 4.83. The van der Waals surface area contributed by atoms with Crippen LogP contribution in [0.3, 0.4) is 0 Å². The van der Waals surface area contributed by atoms with Crippen LogP contribution in [0.2, 0.25) is 10.0 Å². The van der Waals surface area contributed by atoms with Gasteiger partial charge in [0, 0.05) is 10.9 Å². The highest BCUT2D eigenvalue weighted by Gasteiger charge is 2.22. The maximum atomic E-state index is 11.7. The van der Waals surface area contributed by atoms with Crippen molar-refractivity contribution in [3.63, 3.8) is 0 Å². The van der Waals surface area contributed by atoms with E-state index in [1.54, 1.807) is 16.5 Å². The minimum absolute atomic E-state index is 0.221. The molecule has 1 N–H and O–H groups in total. The molecule has 0 amide bonds. The summed E-state index contributed by atoms with van der Waals surface area (Å²) in [5.41, 5.74) is 2.40. The fourth-order valence-corrected chi connectivity index (χ4v) is 3.60. The van der Waals surface area contributed by atoms with E-state index in [0.717, 1.165) is 17.7 Å². The molecule has 0 saturated heterocycles. The average molecular weight is 355 g/mol. The van der Waals surface area contributed by atoms with E-state index in [9.17, 15) is 9.90 Å². The Kier molecular flexibility index (Phi) is 4.12. The summed E-state index contributed by atoms with van der Waals surface area (Å²) in [4.78, 5) is 16.8. The van der Waals surface area contributed by atoms with Crippen molar-refractivity contribution in [2.24, 2.45) is 0 Å². The minimum Gasteiger partial charge on any atom is -0.477 e. The normalized spacial score (nSPS) is 11.2. The second-order valence-corrected chi connectivity index (χ2v) is 6.48. The Labute approximate surface area is 140 Å². The number of carboxylic acid groups (broad SMARTS) is 1. The number of carbonyl (C=O) groups is 1. The van der Waals surface area contributed by atoms with Gasteiger partial charge in [-0.1, -0.05) is 42.6 Å². The zero-order chi connectivity index (χ0) is 15.9. The van der Waals surface area contributed by atoms with E-state index < -0.39 is 5.97 Å². The number of aromatic carboxylic acids is 1. The molecule has 0 bridgehead atoms. The van der Waals surface area contributed by atoms with Gasteiger partial charge in [0.2, 0.25) is 0 Å². The van der Waals surface area contributed by atoms with Crippen molar-refractivity contribution < 1.29 is 9.90 Å². The topological polar surface area (TPSA) is 54.6 Å². The number of aryl methyl sites for hydroxylation is 1. The van der Waals surface area contributed by atoms with E-state index >= 15 is 0 Å². The van der Waals surface area contributed by atoms with E-state index in [1.807, 2.05) is 18.4 Å². The van der Waals surface area contributed by atoms with Crippen molar-refractivity contribution >= 4 is 45.5 Å². The minimum atomic E-state index is -0.976. The van der Waals surface area contributed by atoms with Crippen molar-refractivity contribution in [2.45, 2.75) is 19.8 Å². The molecule has 0 aliphatic heterocycles. The van der Waals surface area contributed by atoms with E-state index in [0.29, 0.717) is 27.1 Å². The van der Waals surface area contributed by atoms with Gasteiger partial charge in [-0.2, -0.15) is 0 Å². The third-order valence-corrected chi connectivity index (χ3v) is 4.91. The van der Waals surface area contributed by atoms with Crippen LogP contribution in [0.1, 0.15) is 29.5 Å². The Hall–Kier alpha value is -1.56. The lowest BCUT2D eigenvalue weighted by Crippen LogP contribution is -2.06. The largest absolute Gasteiger partial charge is 0.477 e. The number of carboxylic acids is 1. The molecule has 4 nitrogen and oxygen atoms in total. The summed E-state index contributed by atoms with van der Waals surface area (Å²) in [5.74, 6) is -0.976. The molecule has 0 atom stereocenters. The van der Waals surface area contributed by atoms with Gasteiger partial charge in [-0.3, -0.25) is 4.40 Å². The first kappa shape index (κ1) is 15.3. The Balaban J connectivity index is 2.26. The van der Waals surface area contributed by atoms with Gasteiger partial charge in [0.05, 0.1) is 21.4 Å². The standard InChI is InChI=1S/C15H12Cl2N2O2S/c1-2-3-11-13(14(20)21)19-12(7-22-15(19)18-11)8-4-5-9(16)10(17)6-8/h4-7H,2-3H2,1H3,(H,20,21). The van der Waals surface area contributed by atoms with Crippen molar-refractivity contribution in [3.05, 3.63) is 45.0 Å². The van der Waals surface area contributed by atoms with E-state index in [1.165, 1.54) is 11.3 Å². The summed E-state index contributed by atoms with van der Waals surface area (Å²) < 4.78 is 1.68. The molecule has 22 heavy (non-hydrogen) atoms. The molecule has 0 radical (unpaired) electrons. The van der Waals surface area contributed by atoms with Crippen molar-refractivity contribution in [1.29, 1.82) is 0 Å². The van der Waals surface area contributed by atoms with Crippen LogP contribution in [0.15, 0.2) is 23.6 Å². The Morgan fingerprint density at radius 1 is 1.36 bits per heavy atom. The third-order valence-electron chi connectivity index (χ3n) is 3.34. The van der Waals surface area contributed by atoms with E-state index in [2.05, 4.69) is 4.98 Å². The maximum Gasteiger partial charge on any atom is 0.354 e. The monoisotopic (exact) mass is 354 g/mol. The van der Waals surface area contributed by atoms with Gasteiger partial charge in [0.1, 0.15) is 0 Å². The van der Waals surface area contributed by atoms with Crippen molar-refractivity contribution in [1.82, 2.24) is 9.38 Å².